The molecule has 0 saturated carbocycles. The monoisotopic (exact) mass is 1680 g/mol. The zero-order chi connectivity index (χ0) is 78.8. The van der Waals surface area contributed by atoms with Crippen LogP contribution in [0.5, 0.6) is 0 Å². The Balaban J connectivity index is 0. The molecule has 5 rings (SSSR count). The summed E-state index contributed by atoms with van der Waals surface area (Å²) in [5, 5.41) is 71.4. The molecule has 0 spiro atoms. The van der Waals surface area contributed by atoms with Gasteiger partial charge in [-0.15, -0.1) is 0 Å². The molecule has 0 radical (unpaired) electrons. The second-order valence-electron chi connectivity index (χ2n) is 19.9. The zero-order valence-corrected chi connectivity index (χ0v) is 59.8. The number of carboxylic acids is 5. The van der Waals surface area contributed by atoms with Crippen LogP contribution in [0.15, 0.2) is 93.6 Å². The highest BCUT2D eigenvalue weighted by molar-refractivity contribution is 7.73. The van der Waals surface area contributed by atoms with Gasteiger partial charge in [0, 0.05) is 7.43 Å². The van der Waals surface area contributed by atoms with Crippen LogP contribution in [-0.4, -0.2) is 183 Å². The van der Waals surface area contributed by atoms with E-state index in [0.717, 1.165) is 122 Å². The molecule has 6 unspecified atom stereocenters. The van der Waals surface area contributed by atoms with Gasteiger partial charge in [0.25, 0.3) is 5.08 Å². The summed E-state index contributed by atoms with van der Waals surface area (Å²) < 4.78 is 119. The summed E-state index contributed by atoms with van der Waals surface area (Å²) in [5.74, 6) is -6.05. The highest BCUT2D eigenvalue weighted by atomic mass is 31.3. The average Bonchev–Trinajstić information content (AvgIpc) is 1.20. The fraction of sp³-hybridized carbons (Fsp3) is 0.405. The fourth-order valence-electron chi connectivity index (χ4n) is 6.83. The van der Waals surface area contributed by atoms with E-state index >= 15 is 0 Å². The Morgan fingerprint density at radius 3 is 0.578 bits per heavy atom. The van der Waals surface area contributed by atoms with Crippen LogP contribution < -0.4 is 66.9 Å². The van der Waals surface area contributed by atoms with Gasteiger partial charge in [-0.25, -0.2) is 69.6 Å². The Morgan fingerprint density at radius 2 is 0.441 bits per heavy atom. The molecule has 5 aromatic rings. The Labute approximate surface area is 567 Å². The second-order valence-corrected chi connectivity index (χ2v) is 39.5. The molecule has 0 fully saturated rings. The Bertz CT molecular complexity index is 3510. The van der Waals surface area contributed by atoms with Crippen molar-refractivity contribution < 1.29 is 241 Å². The Morgan fingerprint density at radius 1 is 0.294 bits per heavy atom. The number of aliphatic carboxylic acids is 5. The van der Waals surface area contributed by atoms with Gasteiger partial charge < -0.3 is 188 Å². The first kappa shape index (κ1) is 98.6. The van der Waals surface area contributed by atoms with Crippen LogP contribution in [0, 0.1) is 14.9 Å². The lowest BCUT2D eigenvalue weighted by Crippen LogP contribution is -2.48. The summed E-state index contributed by atoms with van der Waals surface area (Å²) in [4.78, 5) is 248. The summed E-state index contributed by atoms with van der Waals surface area (Å²) in [5.41, 5.74) is 0. The molecule has 5 heterocycles. The number of hydrogen-bond acceptors (Lipinski definition) is 29. The topological polar surface area (TPSA) is 932 Å². The van der Waals surface area contributed by atoms with Gasteiger partial charge in [0.15, 0.2) is 75.8 Å². The SMILES string of the molecule is O=C(O)C[n+]1ccn(CC(O)(P(=O)(O)O)P(=O)(O)O)c1.O=C(O)C[n+]1ccn(CC(O)(P(=O)([O-])O)P(=O)(O)O)c1.O=C(O)C[n+]1ccn(CC(O)(P(=O)([O-])O)P(=O)([O-])O)c1.O=C(O)C[n+]1ccn(CC(O)(P(=O)([O-])O)P(=O)([O-])O)c1.O=C(O)C[n+]1ccn(CC(O)(P(=O)([O-])[O-])P(=O)([O-])[O-])c1.[CH3+].[CH3-]. The molecule has 6 atom stereocenters. The minimum atomic E-state index is -6.17. The minimum absolute atomic E-state index is 0. The van der Waals surface area contributed by atoms with Gasteiger partial charge in [-0.2, -0.15) is 0 Å². The van der Waals surface area contributed by atoms with Crippen molar-refractivity contribution in [3.05, 3.63) is 108 Å². The minimum Gasteiger partial charge on any atom is -0.808 e. The lowest BCUT2D eigenvalue weighted by atomic mass is 10.6. The molecule has 102 heavy (non-hydrogen) atoms. The number of aromatic nitrogens is 10. The molecule has 0 saturated heterocycles. The van der Waals surface area contributed by atoms with Crippen molar-refractivity contribution in [2.75, 3.05) is 0 Å². The summed E-state index contributed by atoms with van der Waals surface area (Å²) in [6.07, 6.45) is 16.0. The fourth-order valence-corrected chi connectivity index (χ4v) is 16.7. The maximum atomic E-state index is 11.1. The number of nitrogens with zero attached hydrogens (tertiary/aromatic N) is 10. The summed E-state index contributed by atoms with van der Waals surface area (Å²) >= 11 is 0. The average molecular weight is 1680 g/mol. The van der Waals surface area contributed by atoms with E-state index in [0.29, 0.717) is 4.57 Å². The lowest BCUT2D eigenvalue weighted by molar-refractivity contribution is -0.685. The van der Waals surface area contributed by atoms with E-state index < -0.39 is 197 Å². The van der Waals surface area contributed by atoms with Gasteiger partial charge in [0.2, 0.25) is 41.8 Å². The third-order valence-corrected chi connectivity index (χ3v) is 29.9. The number of rotatable bonds is 30. The maximum Gasteiger partial charge on any atom is 0.373 e. The van der Waals surface area contributed by atoms with E-state index in [-0.39, 0.29) is 14.9 Å². The van der Waals surface area contributed by atoms with Crippen molar-refractivity contribution in [2.45, 2.75) is 90.9 Å². The standard InChI is InChI=1S/5C7H12N2O9P2.2CH3/c5*10-6(11)3-8-1-2-9(5-8)4-7(12,19(13,14)15)20(16,17)18;;/h5*1-2,5,12H,3-4H2,(H4-,10,11,13,14,15,16,17,18);2*1H3/q;;;;;-1;+1/p-4. The summed E-state index contributed by atoms with van der Waals surface area (Å²) in [6.45, 7) is -8.52. The van der Waals surface area contributed by atoms with Gasteiger partial charge in [0.05, 0.1) is 0 Å². The highest BCUT2D eigenvalue weighted by Crippen LogP contribution is 2.69. The predicted octanol–water partition coefficient (Wildman–Crippen LogP) is -15.5. The first-order valence-corrected chi connectivity index (χ1v) is 40.5. The van der Waals surface area contributed by atoms with Crippen molar-refractivity contribution in [1.82, 2.24) is 22.8 Å². The number of aliphatic hydroxyl groups is 5. The van der Waals surface area contributed by atoms with Crippen LogP contribution in [0.25, 0.3) is 0 Å². The van der Waals surface area contributed by atoms with Crippen LogP contribution in [-0.2, 0) is 135 Å². The number of carbonyl (C=O) groups is 5. The molecular formula is C37H62N10O45P10-4. The Hall–Kier alpha value is -5.43. The molecule has 0 aliphatic heterocycles. The van der Waals surface area contributed by atoms with Gasteiger partial charge in [-0.1, -0.05) is 0 Å². The van der Waals surface area contributed by atoms with Gasteiger partial charge in [-0.05, 0) is 15.2 Å². The molecule has 65 heteroatoms. The molecule has 584 valence electrons. The molecule has 0 amide bonds. The van der Waals surface area contributed by atoms with Crippen LogP contribution in [0.2, 0.25) is 0 Å². The first-order valence-electron chi connectivity index (χ1n) is 24.7. The van der Waals surface area contributed by atoms with Crippen molar-refractivity contribution in [3.8, 4) is 0 Å². The van der Waals surface area contributed by atoms with Crippen molar-refractivity contribution in [2.24, 2.45) is 0 Å². The van der Waals surface area contributed by atoms with Crippen molar-refractivity contribution in [3.63, 3.8) is 0 Å². The third kappa shape index (κ3) is 27.2. The van der Waals surface area contributed by atoms with Crippen LogP contribution in [0.3, 0.4) is 0 Å². The van der Waals surface area contributed by atoms with Crippen molar-refractivity contribution in [1.29, 1.82) is 0 Å². The first-order chi connectivity index (χ1) is 44.3. The number of hydrogen-bond donors (Lipinski definition) is 21. The molecular weight excluding hydrogens is 1610 g/mol. The van der Waals surface area contributed by atoms with Gasteiger partial charge in [0.1, 0.15) is 94.7 Å². The normalized spacial score (nSPS) is 17.0. The van der Waals surface area contributed by atoms with Crippen molar-refractivity contribution >= 4 is 106 Å². The molecule has 5 aromatic heterocycles. The van der Waals surface area contributed by atoms with Crippen LogP contribution >= 0.6 is 76.0 Å². The van der Waals surface area contributed by atoms with Crippen LogP contribution in [0.4, 0.5) is 0 Å². The van der Waals surface area contributed by atoms with Crippen LogP contribution in [0.1, 0.15) is 0 Å². The van der Waals surface area contributed by atoms with E-state index in [1.807, 2.05) is 0 Å². The molecule has 55 nitrogen and oxygen atoms in total. The summed E-state index contributed by atoms with van der Waals surface area (Å²) in [7, 11) is -58.3. The van der Waals surface area contributed by atoms with E-state index in [1.165, 1.54) is 12.4 Å². The summed E-state index contributed by atoms with van der Waals surface area (Å²) in [6, 6.07) is 0. The quantitative estimate of drug-likeness (QED) is 0.0115. The van der Waals surface area contributed by atoms with Gasteiger partial charge in [-0.3, -0.25) is 13.7 Å². The Kier molecular flexibility index (Phi) is 34.6. The predicted molar refractivity (Wildman–Crippen MR) is 299 cm³/mol. The molecule has 0 bridgehead atoms. The largest absolute Gasteiger partial charge is 0.808 e. The molecule has 21 N–H and O–H groups in total. The lowest BCUT2D eigenvalue weighted by Gasteiger charge is -2.54. The maximum absolute atomic E-state index is 11.1. The smallest absolute Gasteiger partial charge is 0.373 e. The molecule has 0 aromatic carbocycles. The number of imidazole rings is 5. The second kappa shape index (κ2) is 35.8. The van der Waals surface area contributed by atoms with Gasteiger partial charge >= 0.3 is 57.7 Å². The van der Waals surface area contributed by atoms with E-state index in [4.69, 9.17) is 79.4 Å². The molecule has 0 aliphatic rings. The zero-order valence-electron chi connectivity index (χ0n) is 50.9. The van der Waals surface area contributed by atoms with E-state index in [9.17, 15) is 139 Å². The number of carboxylic acid groups (broad SMARTS) is 5. The van der Waals surface area contributed by atoms with E-state index in [1.54, 1.807) is 0 Å². The highest BCUT2D eigenvalue weighted by Gasteiger charge is 2.61. The third-order valence-electron chi connectivity index (χ3n) is 11.8. The molecule has 0 aliphatic carbocycles. The van der Waals surface area contributed by atoms with E-state index in [2.05, 4.69) is 0 Å².